The summed E-state index contributed by atoms with van der Waals surface area (Å²) < 4.78 is 0. The number of aromatic amines is 1. The Hall–Kier alpha value is -1.84. The highest BCUT2D eigenvalue weighted by Crippen LogP contribution is 2.28. The maximum Gasteiger partial charge on any atom is 0.251 e. The Bertz CT molecular complexity index is 605. The van der Waals surface area contributed by atoms with Gasteiger partial charge < -0.3 is 10.3 Å². The highest BCUT2D eigenvalue weighted by molar-refractivity contribution is 5.97. The minimum Gasteiger partial charge on any atom is -0.352 e. The average molecular weight is 271 g/mol. The van der Waals surface area contributed by atoms with E-state index in [0.717, 1.165) is 23.5 Å². The van der Waals surface area contributed by atoms with Gasteiger partial charge >= 0.3 is 0 Å². The predicted molar refractivity (Wildman–Crippen MR) is 79.5 cm³/mol. The van der Waals surface area contributed by atoms with Gasteiger partial charge in [0.15, 0.2) is 0 Å². The van der Waals surface area contributed by atoms with Gasteiger partial charge in [-0.25, -0.2) is 4.98 Å². The third-order valence-electron chi connectivity index (χ3n) is 4.50. The molecule has 2 N–H and O–H groups in total. The number of hydrogen-bond acceptors (Lipinski definition) is 2. The van der Waals surface area contributed by atoms with Crippen molar-refractivity contribution in [3.63, 3.8) is 0 Å². The maximum absolute atomic E-state index is 12.2. The van der Waals surface area contributed by atoms with Crippen LogP contribution in [0.4, 0.5) is 0 Å². The van der Waals surface area contributed by atoms with E-state index in [4.69, 9.17) is 0 Å². The van der Waals surface area contributed by atoms with Crippen LogP contribution >= 0.6 is 0 Å². The van der Waals surface area contributed by atoms with Crippen molar-refractivity contribution >= 4 is 16.9 Å². The first kappa shape index (κ1) is 13.2. The number of benzene rings is 1. The molecule has 1 aromatic heterocycles. The summed E-state index contributed by atoms with van der Waals surface area (Å²) in [4.78, 5) is 19.4. The Morgan fingerprint density at radius 1 is 1.40 bits per heavy atom. The molecule has 2 unspecified atom stereocenters. The first-order chi connectivity index (χ1) is 9.74. The lowest BCUT2D eigenvalue weighted by molar-refractivity contribution is 0.0936. The van der Waals surface area contributed by atoms with Crippen LogP contribution in [0.5, 0.6) is 0 Å². The molecule has 4 heteroatoms. The summed E-state index contributed by atoms with van der Waals surface area (Å²) in [6, 6.07) is 5.58. The molecule has 1 aliphatic carbocycles. The topological polar surface area (TPSA) is 57.8 Å². The second kappa shape index (κ2) is 5.65. The molecular weight excluding hydrogens is 250 g/mol. The summed E-state index contributed by atoms with van der Waals surface area (Å²) in [6.07, 6.45) is 6.81. The molecule has 0 aliphatic heterocycles. The molecule has 1 heterocycles. The number of fused-ring (bicyclic) bond motifs is 1. The predicted octanol–water partition coefficient (Wildman–Crippen LogP) is 3.12. The van der Waals surface area contributed by atoms with E-state index in [2.05, 4.69) is 22.2 Å². The summed E-state index contributed by atoms with van der Waals surface area (Å²) in [5.41, 5.74) is 2.50. The summed E-state index contributed by atoms with van der Waals surface area (Å²) in [6.45, 7) is 3.09. The van der Waals surface area contributed by atoms with Crippen molar-refractivity contribution in [1.29, 1.82) is 0 Å². The van der Waals surface area contributed by atoms with Crippen LogP contribution in [-0.2, 0) is 0 Å². The smallest absolute Gasteiger partial charge is 0.251 e. The molecule has 1 fully saturated rings. The van der Waals surface area contributed by atoms with Gasteiger partial charge in [0.1, 0.15) is 0 Å². The van der Waals surface area contributed by atoms with E-state index >= 15 is 0 Å². The number of rotatable bonds is 3. The zero-order chi connectivity index (χ0) is 13.9. The molecule has 1 aromatic carbocycles. The van der Waals surface area contributed by atoms with Crippen molar-refractivity contribution in [2.24, 2.45) is 11.8 Å². The van der Waals surface area contributed by atoms with Gasteiger partial charge in [-0.15, -0.1) is 0 Å². The van der Waals surface area contributed by atoms with E-state index < -0.39 is 0 Å². The highest BCUT2D eigenvalue weighted by atomic mass is 16.1. The number of H-pyrrole nitrogens is 1. The van der Waals surface area contributed by atoms with E-state index in [1.807, 2.05) is 18.2 Å². The van der Waals surface area contributed by atoms with Crippen LogP contribution < -0.4 is 5.32 Å². The van der Waals surface area contributed by atoms with Crippen molar-refractivity contribution in [2.45, 2.75) is 32.6 Å². The third-order valence-corrected chi connectivity index (χ3v) is 4.50. The van der Waals surface area contributed by atoms with E-state index in [9.17, 15) is 4.79 Å². The van der Waals surface area contributed by atoms with Crippen molar-refractivity contribution < 1.29 is 4.79 Å². The first-order valence-corrected chi connectivity index (χ1v) is 7.45. The van der Waals surface area contributed by atoms with Crippen molar-refractivity contribution in [3.8, 4) is 0 Å². The molecule has 2 aromatic rings. The van der Waals surface area contributed by atoms with Crippen molar-refractivity contribution in [2.75, 3.05) is 6.54 Å². The standard InChI is InChI=1S/C16H21N3O/c1-11-4-2-3-5-13(11)9-17-16(20)12-6-7-14-15(8-12)19-10-18-14/h6-8,10-11,13H,2-5,9H2,1H3,(H,17,20)(H,18,19). The zero-order valence-corrected chi connectivity index (χ0v) is 11.9. The van der Waals surface area contributed by atoms with E-state index in [-0.39, 0.29) is 5.91 Å². The molecule has 4 nitrogen and oxygen atoms in total. The molecule has 20 heavy (non-hydrogen) atoms. The molecule has 3 rings (SSSR count). The number of amides is 1. The van der Waals surface area contributed by atoms with Gasteiger partial charge in [-0.05, 0) is 36.5 Å². The van der Waals surface area contributed by atoms with Crippen molar-refractivity contribution in [1.82, 2.24) is 15.3 Å². The summed E-state index contributed by atoms with van der Waals surface area (Å²) in [5, 5.41) is 3.08. The fraction of sp³-hybridized carbons (Fsp3) is 0.500. The first-order valence-electron chi connectivity index (χ1n) is 7.45. The highest BCUT2D eigenvalue weighted by Gasteiger charge is 2.21. The molecule has 1 aliphatic rings. The second-order valence-electron chi connectivity index (χ2n) is 5.87. The molecule has 2 atom stereocenters. The minimum absolute atomic E-state index is 0.0132. The Labute approximate surface area is 119 Å². The Morgan fingerprint density at radius 3 is 3.10 bits per heavy atom. The van der Waals surface area contributed by atoms with Crippen LogP contribution in [0, 0.1) is 11.8 Å². The average Bonchev–Trinajstić information content (AvgIpc) is 2.93. The van der Waals surface area contributed by atoms with Gasteiger partial charge in [-0.1, -0.05) is 26.2 Å². The molecule has 1 saturated carbocycles. The van der Waals surface area contributed by atoms with Crippen LogP contribution in [0.2, 0.25) is 0 Å². The van der Waals surface area contributed by atoms with E-state index in [1.165, 1.54) is 25.7 Å². The van der Waals surface area contributed by atoms with Gasteiger partial charge in [0, 0.05) is 12.1 Å². The Morgan fingerprint density at radius 2 is 2.25 bits per heavy atom. The lowest BCUT2D eigenvalue weighted by Gasteiger charge is -2.28. The molecule has 0 saturated heterocycles. The number of imidazole rings is 1. The van der Waals surface area contributed by atoms with Crippen LogP contribution in [0.25, 0.3) is 11.0 Å². The Kier molecular flexibility index (Phi) is 3.72. The lowest BCUT2D eigenvalue weighted by atomic mass is 9.80. The van der Waals surface area contributed by atoms with Gasteiger partial charge in [0.25, 0.3) is 5.91 Å². The van der Waals surface area contributed by atoms with Gasteiger partial charge in [-0.2, -0.15) is 0 Å². The normalized spacial score (nSPS) is 22.9. The Balaban J connectivity index is 1.63. The van der Waals surface area contributed by atoms with Crippen LogP contribution in [-0.4, -0.2) is 22.4 Å². The quantitative estimate of drug-likeness (QED) is 0.901. The van der Waals surface area contributed by atoms with E-state index in [0.29, 0.717) is 11.5 Å². The molecule has 0 radical (unpaired) electrons. The molecule has 0 bridgehead atoms. The summed E-state index contributed by atoms with van der Waals surface area (Å²) in [7, 11) is 0. The number of nitrogens with zero attached hydrogens (tertiary/aromatic N) is 1. The van der Waals surface area contributed by atoms with Gasteiger partial charge in [0.05, 0.1) is 17.4 Å². The van der Waals surface area contributed by atoms with E-state index in [1.54, 1.807) is 6.33 Å². The fourth-order valence-electron chi connectivity index (χ4n) is 3.10. The molecule has 1 amide bonds. The minimum atomic E-state index is 0.0132. The number of hydrogen-bond donors (Lipinski definition) is 2. The maximum atomic E-state index is 12.2. The van der Waals surface area contributed by atoms with Crippen LogP contribution in [0.1, 0.15) is 43.0 Å². The molecular formula is C16H21N3O. The van der Waals surface area contributed by atoms with Crippen LogP contribution in [0.15, 0.2) is 24.5 Å². The largest absolute Gasteiger partial charge is 0.352 e. The monoisotopic (exact) mass is 271 g/mol. The third kappa shape index (κ3) is 2.69. The SMILES string of the molecule is CC1CCCCC1CNC(=O)c1ccc2nc[nH]c2c1. The summed E-state index contributed by atoms with van der Waals surface area (Å²) in [5.74, 6) is 1.36. The second-order valence-corrected chi connectivity index (χ2v) is 5.87. The lowest BCUT2D eigenvalue weighted by Crippen LogP contribution is -2.33. The fourth-order valence-corrected chi connectivity index (χ4v) is 3.10. The molecule has 0 spiro atoms. The number of carbonyl (C=O) groups is 1. The summed E-state index contributed by atoms with van der Waals surface area (Å²) >= 11 is 0. The van der Waals surface area contributed by atoms with Crippen molar-refractivity contribution in [3.05, 3.63) is 30.1 Å². The number of aromatic nitrogens is 2. The van der Waals surface area contributed by atoms with Gasteiger partial charge in [-0.3, -0.25) is 4.79 Å². The number of nitrogens with one attached hydrogen (secondary N) is 2. The zero-order valence-electron chi connectivity index (χ0n) is 11.9. The van der Waals surface area contributed by atoms with Gasteiger partial charge in [0.2, 0.25) is 0 Å². The molecule has 106 valence electrons. The number of carbonyl (C=O) groups excluding carboxylic acids is 1. The van der Waals surface area contributed by atoms with Crippen LogP contribution in [0.3, 0.4) is 0 Å².